The second kappa shape index (κ2) is 6.47. The van der Waals surface area contributed by atoms with Gasteiger partial charge in [-0.15, -0.1) is 0 Å². The summed E-state index contributed by atoms with van der Waals surface area (Å²) < 4.78 is 0. The van der Waals surface area contributed by atoms with Crippen LogP contribution in [-0.2, 0) is 4.79 Å². The van der Waals surface area contributed by atoms with E-state index in [1.54, 1.807) is 0 Å². The average Bonchev–Trinajstić information content (AvgIpc) is 2.97. The number of hydrogen-bond donors (Lipinski definition) is 2. The maximum atomic E-state index is 12.9. The second-order valence-electron chi connectivity index (χ2n) is 6.87. The molecule has 0 aromatic rings. The van der Waals surface area contributed by atoms with Crippen molar-refractivity contribution in [1.82, 2.24) is 4.90 Å². The van der Waals surface area contributed by atoms with Gasteiger partial charge >= 0.3 is 0 Å². The minimum absolute atomic E-state index is 0.0666. The summed E-state index contributed by atoms with van der Waals surface area (Å²) in [5.74, 6) is 1.88. The lowest BCUT2D eigenvalue weighted by Crippen LogP contribution is -2.55. The molecule has 21 heavy (non-hydrogen) atoms. The van der Waals surface area contributed by atoms with E-state index in [0.29, 0.717) is 12.8 Å². The number of nitrogens with zero attached hydrogens (tertiary/aromatic N) is 1. The molecule has 1 aliphatic carbocycles. The molecule has 5 heteroatoms. The van der Waals surface area contributed by atoms with Crippen LogP contribution in [0.25, 0.3) is 0 Å². The lowest BCUT2D eigenvalue weighted by atomic mass is 9.80. The SMILES string of the molecule is O=C(N1CCC[C@@H]1[C@@H]1CCCC[C@@H]1O)C1(O)CCSCC1. The van der Waals surface area contributed by atoms with Gasteiger partial charge < -0.3 is 15.1 Å². The smallest absolute Gasteiger partial charge is 0.254 e. The van der Waals surface area contributed by atoms with Crippen molar-refractivity contribution in [2.24, 2.45) is 5.92 Å². The van der Waals surface area contributed by atoms with Gasteiger partial charge in [0.15, 0.2) is 0 Å². The van der Waals surface area contributed by atoms with Crippen LogP contribution in [0.15, 0.2) is 0 Å². The summed E-state index contributed by atoms with van der Waals surface area (Å²) in [5.41, 5.74) is -1.15. The minimum atomic E-state index is -1.15. The molecular weight excluding hydrogens is 286 g/mol. The molecule has 2 aliphatic heterocycles. The Bertz CT molecular complexity index is 384. The number of amides is 1. The van der Waals surface area contributed by atoms with E-state index in [1.165, 1.54) is 0 Å². The van der Waals surface area contributed by atoms with Crippen molar-refractivity contribution in [3.8, 4) is 0 Å². The van der Waals surface area contributed by atoms with Crippen molar-refractivity contribution in [2.45, 2.75) is 69.1 Å². The molecule has 3 rings (SSSR count). The first-order chi connectivity index (χ1) is 10.1. The number of rotatable bonds is 2. The Balaban J connectivity index is 1.72. The first-order valence-corrected chi connectivity index (χ1v) is 9.56. The number of likely N-dealkylation sites (tertiary alicyclic amines) is 1. The van der Waals surface area contributed by atoms with Gasteiger partial charge in [-0.05, 0) is 50.0 Å². The highest BCUT2D eigenvalue weighted by atomic mass is 32.2. The maximum Gasteiger partial charge on any atom is 0.254 e. The highest BCUT2D eigenvalue weighted by Crippen LogP contribution is 2.37. The van der Waals surface area contributed by atoms with Crippen LogP contribution in [0.1, 0.15) is 51.4 Å². The third-order valence-electron chi connectivity index (χ3n) is 5.55. The molecule has 3 atom stereocenters. The molecule has 4 nitrogen and oxygen atoms in total. The van der Waals surface area contributed by atoms with Crippen LogP contribution in [0.5, 0.6) is 0 Å². The summed E-state index contributed by atoms with van der Waals surface area (Å²) >= 11 is 1.82. The van der Waals surface area contributed by atoms with Crippen molar-refractivity contribution in [2.75, 3.05) is 18.1 Å². The van der Waals surface area contributed by atoms with Gasteiger partial charge in [0.2, 0.25) is 0 Å². The van der Waals surface area contributed by atoms with Gasteiger partial charge in [0.25, 0.3) is 5.91 Å². The molecule has 3 aliphatic rings. The van der Waals surface area contributed by atoms with Crippen molar-refractivity contribution in [3.05, 3.63) is 0 Å². The number of carbonyl (C=O) groups excluding carboxylic acids is 1. The van der Waals surface area contributed by atoms with Crippen LogP contribution in [0.2, 0.25) is 0 Å². The average molecular weight is 313 g/mol. The fourth-order valence-electron chi connectivity index (χ4n) is 4.27. The Kier molecular flexibility index (Phi) is 4.81. The number of carbonyl (C=O) groups is 1. The molecule has 0 bridgehead atoms. The Morgan fingerprint density at radius 3 is 2.52 bits per heavy atom. The van der Waals surface area contributed by atoms with Crippen LogP contribution in [0.4, 0.5) is 0 Å². The van der Waals surface area contributed by atoms with Gasteiger partial charge in [-0.2, -0.15) is 11.8 Å². The van der Waals surface area contributed by atoms with E-state index in [1.807, 2.05) is 16.7 Å². The van der Waals surface area contributed by atoms with Crippen molar-refractivity contribution in [1.29, 1.82) is 0 Å². The summed E-state index contributed by atoms with van der Waals surface area (Å²) in [7, 11) is 0. The summed E-state index contributed by atoms with van der Waals surface area (Å²) in [6.45, 7) is 0.752. The molecule has 2 heterocycles. The van der Waals surface area contributed by atoms with Crippen LogP contribution < -0.4 is 0 Å². The summed E-state index contributed by atoms with van der Waals surface area (Å²) in [4.78, 5) is 14.8. The number of aliphatic hydroxyl groups excluding tert-OH is 1. The highest BCUT2D eigenvalue weighted by Gasteiger charge is 2.46. The van der Waals surface area contributed by atoms with E-state index in [4.69, 9.17) is 0 Å². The van der Waals surface area contributed by atoms with Gasteiger partial charge in [0.1, 0.15) is 5.60 Å². The standard InChI is InChI=1S/C16H27NO3S/c18-14-6-2-1-4-12(14)13-5-3-9-17(13)15(19)16(20)7-10-21-11-8-16/h12-14,18,20H,1-11H2/t12-,13+,14-/m0/s1. The molecule has 2 N–H and O–H groups in total. The van der Waals surface area contributed by atoms with Gasteiger partial charge in [0, 0.05) is 18.5 Å². The van der Waals surface area contributed by atoms with Crippen LogP contribution >= 0.6 is 11.8 Å². The predicted octanol–water partition coefficient (Wildman–Crippen LogP) is 1.79. The summed E-state index contributed by atoms with van der Waals surface area (Å²) in [6, 6.07) is 0.145. The zero-order chi connectivity index (χ0) is 14.9. The molecule has 0 spiro atoms. The predicted molar refractivity (Wildman–Crippen MR) is 84.2 cm³/mol. The molecule has 0 aromatic carbocycles. The van der Waals surface area contributed by atoms with E-state index < -0.39 is 5.60 Å². The Hall–Kier alpha value is -0.260. The molecule has 0 unspecified atom stereocenters. The zero-order valence-corrected chi connectivity index (χ0v) is 13.5. The molecule has 3 fully saturated rings. The van der Waals surface area contributed by atoms with E-state index in [9.17, 15) is 15.0 Å². The van der Waals surface area contributed by atoms with Gasteiger partial charge in [0.05, 0.1) is 6.10 Å². The Labute approximate surface area is 131 Å². The summed E-state index contributed by atoms with van der Waals surface area (Å²) in [5, 5.41) is 21.0. The van der Waals surface area contributed by atoms with E-state index in [2.05, 4.69) is 0 Å². The summed E-state index contributed by atoms with van der Waals surface area (Å²) in [6.07, 6.45) is 7.01. The first kappa shape index (κ1) is 15.6. The van der Waals surface area contributed by atoms with Gasteiger partial charge in [-0.25, -0.2) is 0 Å². The Morgan fingerprint density at radius 1 is 1.10 bits per heavy atom. The van der Waals surface area contributed by atoms with Crippen molar-refractivity contribution >= 4 is 17.7 Å². The largest absolute Gasteiger partial charge is 0.393 e. The van der Waals surface area contributed by atoms with Gasteiger partial charge in [-0.3, -0.25) is 4.79 Å². The van der Waals surface area contributed by atoms with Gasteiger partial charge in [-0.1, -0.05) is 12.8 Å². The van der Waals surface area contributed by atoms with Crippen molar-refractivity contribution in [3.63, 3.8) is 0 Å². The quantitative estimate of drug-likeness (QED) is 0.816. The van der Waals surface area contributed by atoms with Crippen LogP contribution in [0.3, 0.4) is 0 Å². The molecule has 120 valence electrons. The zero-order valence-electron chi connectivity index (χ0n) is 12.7. The lowest BCUT2D eigenvalue weighted by Gasteiger charge is -2.41. The highest BCUT2D eigenvalue weighted by molar-refractivity contribution is 7.99. The molecule has 1 amide bonds. The second-order valence-corrected chi connectivity index (χ2v) is 8.09. The lowest BCUT2D eigenvalue weighted by molar-refractivity contribution is -0.155. The van der Waals surface area contributed by atoms with E-state index in [0.717, 1.165) is 56.6 Å². The Morgan fingerprint density at radius 2 is 1.81 bits per heavy atom. The molecule has 2 saturated heterocycles. The monoisotopic (exact) mass is 313 g/mol. The molecule has 1 saturated carbocycles. The van der Waals surface area contributed by atoms with E-state index in [-0.39, 0.29) is 24.0 Å². The number of hydrogen-bond acceptors (Lipinski definition) is 4. The van der Waals surface area contributed by atoms with Crippen LogP contribution in [0, 0.1) is 5.92 Å². The molecule has 0 radical (unpaired) electrons. The topological polar surface area (TPSA) is 60.8 Å². The van der Waals surface area contributed by atoms with Crippen molar-refractivity contribution < 1.29 is 15.0 Å². The fraction of sp³-hybridized carbons (Fsp3) is 0.938. The third-order valence-corrected chi connectivity index (χ3v) is 6.54. The first-order valence-electron chi connectivity index (χ1n) is 8.41. The number of aliphatic hydroxyl groups is 2. The van der Waals surface area contributed by atoms with E-state index >= 15 is 0 Å². The normalized spacial score (nSPS) is 36.7. The third kappa shape index (κ3) is 3.10. The fourth-order valence-corrected chi connectivity index (χ4v) is 5.44. The molecule has 0 aromatic heterocycles. The maximum absolute atomic E-state index is 12.9. The van der Waals surface area contributed by atoms with Crippen LogP contribution in [-0.4, -0.2) is 56.8 Å². The molecular formula is C16H27NO3S. The minimum Gasteiger partial charge on any atom is -0.393 e. The number of thioether (sulfide) groups is 1.